The maximum Gasteiger partial charge on any atom is 0.263 e. The van der Waals surface area contributed by atoms with E-state index in [9.17, 15) is 10.1 Å². The lowest BCUT2D eigenvalue weighted by Gasteiger charge is -2.10. The maximum absolute atomic E-state index is 12.3. The predicted octanol–water partition coefficient (Wildman–Crippen LogP) is 4.01. The molecule has 0 spiro atoms. The van der Waals surface area contributed by atoms with Gasteiger partial charge in [-0.15, -0.1) is 0 Å². The Morgan fingerprint density at radius 3 is 2.38 bits per heavy atom. The fraction of sp³-hybridized carbons (Fsp3) is 0.304. The van der Waals surface area contributed by atoms with E-state index in [1.54, 1.807) is 14.2 Å². The molecule has 0 aliphatic heterocycles. The zero-order valence-electron chi connectivity index (χ0n) is 17.3. The van der Waals surface area contributed by atoms with Crippen LogP contribution >= 0.6 is 0 Å². The number of nitrogens with one attached hydrogen (secondary N) is 2. The smallest absolute Gasteiger partial charge is 0.263 e. The molecule has 0 atom stereocenters. The van der Waals surface area contributed by atoms with Crippen LogP contribution < -0.4 is 20.1 Å². The van der Waals surface area contributed by atoms with Crippen LogP contribution in [0.2, 0.25) is 0 Å². The lowest BCUT2D eigenvalue weighted by Crippen LogP contribution is -2.27. The van der Waals surface area contributed by atoms with Gasteiger partial charge in [0.15, 0.2) is 11.5 Å². The first-order valence-electron chi connectivity index (χ1n) is 9.44. The minimum atomic E-state index is -0.417. The Balaban J connectivity index is 1.91. The van der Waals surface area contributed by atoms with Gasteiger partial charge in [0.1, 0.15) is 11.6 Å². The van der Waals surface area contributed by atoms with Gasteiger partial charge in [0.25, 0.3) is 5.91 Å². The molecule has 2 N–H and O–H groups in total. The summed E-state index contributed by atoms with van der Waals surface area (Å²) in [6.07, 6.45) is 2.03. The summed E-state index contributed by atoms with van der Waals surface area (Å²) >= 11 is 0. The molecule has 29 heavy (non-hydrogen) atoms. The highest BCUT2D eigenvalue weighted by Crippen LogP contribution is 2.27. The van der Waals surface area contributed by atoms with Crippen molar-refractivity contribution in [2.45, 2.75) is 26.2 Å². The second kappa shape index (κ2) is 10.8. The first-order valence-corrected chi connectivity index (χ1v) is 9.44. The van der Waals surface area contributed by atoms with Crippen LogP contribution in [0.15, 0.2) is 54.2 Å². The van der Waals surface area contributed by atoms with Crippen LogP contribution in [0.25, 0.3) is 0 Å². The zero-order chi connectivity index (χ0) is 21.2. The molecule has 0 aliphatic rings. The van der Waals surface area contributed by atoms with Crippen molar-refractivity contribution < 1.29 is 14.3 Å². The third-order valence-corrected chi connectivity index (χ3v) is 4.47. The van der Waals surface area contributed by atoms with Crippen molar-refractivity contribution in [3.63, 3.8) is 0 Å². The molecule has 0 fully saturated rings. The number of ether oxygens (including phenoxy) is 2. The van der Waals surface area contributed by atoms with Crippen LogP contribution in [-0.4, -0.2) is 26.7 Å². The molecule has 0 saturated heterocycles. The number of nitriles is 1. The molecule has 0 unspecified atom stereocenters. The van der Waals surface area contributed by atoms with Crippen LogP contribution in [0.1, 0.15) is 30.9 Å². The normalized spacial score (nSPS) is 11.0. The summed E-state index contributed by atoms with van der Waals surface area (Å²) in [6, 6.07) is 15.4. The van der Waals surface area contributed by atoms with Gasteiger partial charge in [0, 0.05) is 18.4 Å². The summed E-state index contributed by atoms with van der Waals surface area (Å²) in [5.74, 6) is 1.33. The summed E-state index contributed by atoms with van der Waals surface area (Å²) in [6.45, 7) is 4.65. The maximum atomic E-state index is 12.3. The third kappa shape index (κ3) is 6.28. The van der Waals surface area contributed by atoms with E-state index in [0.717, 1.165) is 11.3 Å². The van der Waals surface area contributed by atoms with Gasteiger partial charge < -0.3 is 20.1 Å². The molecule has 0 aromatic heterocycles. The Morgan fingerprint density at radius 1 is 1.10 bits per heavy atom. The second-order valence-corrected chi connectivity index (χ2v) is 6.79. The molecule has 152 valence electrons. The van der Waals surface area contributed by atoms with E-state index in [2.05, 4.69) is 24.5 Å². The number of rotatable bonds is 9. The Hall–Kier alpha value is -3.46. The van der Waals surface area contributed by atoms with Gasteiger partial charge in [-0.1, -0.05) is 32.0 Å². The van der Waals surface area contributed by atoms with Crippen LogP contribution in [0.4, 0.5) is 5.69 Å². The van der Waals surface area contributed by atoms with Gasteiger partial charge in [-0.05, 0) is 47.7 Å². The molecular formula is C23H27N3O3. The number of benzene rings is 2. The van der Waals surface area contributed by atoms with E-state index in [0.29, 0.717) is 30.4 Å². The molecule has 2 rings (SSSR count). The number of carbonyl (C=O) groups is 1. The van der Waals surface area contributed by atoms with Gasteiger partial charge in [0.2, 0.25) is 0 Å². The third-order valence-electron chi connectivity index (χ3n) is 4.47. The number of carbonyl (C=O) groups excluding carboxylic acids is 1. The van der Waals surface area contributed by atoms with Crippen molar-refractivity contribution >= 4 is 11.6 Å². The standard InChI is InChI=1S/C23H27N3O3/c1-16(2)18-6-8-20(9-7-18)26-15-19(14-24)23(27)25-12-11-17-5-10-21(28-3)22(13-17)29-4/h5-10,13,15-16,26H,11-12H2,1-4H3,(H,25,27)/b19-15-. The van der Waals surface area contributed by atoms with Crippen molar-refractivity contribution in [3.05, 3.63) is 65.4 Å². The highest BCUT2D eigenvalue weighted by atomic mass is 16.5. The van der Waals surface area contributed by atoms with E-state index >= 15 is 0 Å². The van der Waals surface area contributed by atoms with Gasteiger partial charge in [-0.25, -0.2) is 0 Å². The van der Waals surface area contributed by atoms with Crippen molar-refractivity contribution in [2.75, 3.05) is 26.1 Å². The molecule has 0 saturated carbocycles. The van der Waals surface area contributed by atoms with Gasteiger partial charge in [-0.2, -0.15) is 5.26 Å². The van der Waals surface area contributed by atoms with Crippen LogP contribution in [0, 0.1) is 11.3 Å². The molecular weight excluding hydrogens is 366 g/mol. The summed E-state index contributed by atoms with van der Waals surface area (Å²) in [7, 11) is 3.16. The molecule has 0 radical (unpaired) electrons. The first kappa shape index (κ1) is 21.8. The van der Waals surface area contributed by atoms with Gasteiger partial charge in [-0.3, -0.25) is 4.79 Å². The molecule has 6 nitrogen and oxygen atoms in total. The highest BCUT2D eigenvalue weighted by molar-refractivity contribution is 5.97. The van der Waals surface area contributed by atoms with E-state index in [-0.39, 0.29) is 5.57 Å². The molecule has 2 aromatic carbocycles. The lowest BCUT2D eigenvalue weighted by molar-refractivity contribution is -0.117. The molecule has 0 bridgehead atoms. The fourth-order valence-corrected chi connectivity index (χ4v) is 2.72. The van der Waals surface area contributed by atoms with Crippen molar-refractivity contribution in [1.82, 2.24) is 5.32 Å². The number of hydrogen-bond donors (Lipinski definition) is 2. The number of anilines is 1. The Bertz CT molecular complexity index is 897. The molecule has 0 aliphatic carbocycles. The first-order chi connectivity index (χ1) is 14.0. The summed E-state index contributed by atoms with van der Waals surface area (Å²) in [4.78, 5) is 12.3. The van der Waals surface area contributed by atoms with Crippen molar-refractivity contribution in [2.24, 2.45) is 0 Å². The SMILES string of the molecule is COc1ccc(CCNC(=O)/C(C#N)=C\Nc2ccc(C(C)C)cc2)cc1OC. The van der Waals surface area contributed by atoms with E-state index < -0.39 is 5.91 Å². The molecule has 1 amide bonds. The van der Waals surface area contributed by atoms with Crippen LogP contribution in [0.5, 0.6) is 11.5 Å². The summed E-state index contributed by atoms with van der Waals surface area (Å²) in [5, 5.41) is 15.1. The van der Waals surface area contributed by atoms with Gasteiger partial charge >= 0.3 is 0 Å². The minimum absolute atomic E-state index is 0.0187. The monoisotopic (exact) mass is 393 g/mol. The Morgan fingerprint density at radius 2 is 1.79 bits per heavy atom. The second-order valence-electron chi connectivity index (χ2n) is 6.79. The topological polar surface area (TPSA) is 83.4 Å². The van der Waals surface area contributed by atoms with Crippen molar-refractivity contribution in [1.29, 1.82) is 5.26 Å². The highest BCUT2D eigenvalue weighted by Gasteiger charge is 2.09. The molecule has 0 heterocycles. The van der Waals surface area contributed by atoms with E-state index in [1.807, 2.05) is 48.5 Å². The van der Waals surface area contributed by atoms with Crippen LogP contribution in [-0.2, 0) is 11.2 Å². The summed E-state index contributed by atoms with van der Waals surface area (Å²) in [5.41, 5.74) is 3.06. The number of nitrogens with zero attached hydrogens (tertiary/aromatic N) is 1. The fourth-order valence-electron chi connectivity index (χ4n) is 2.72. The summed E-state index contributed by atoms with van der Waals surface area (Å²) < 4.78 is 10.5. The van der Waals surface area contributed by atoms with Crippen molar-refractivity contribution in [3.8, 4) is 17.6 Å². The number of hydrogen-bond acceptors (Lipinski definition) is 5. The van der Waals surface area contributed by atoms with Crippen LogP contribution in [0.3, 0.4) is 0 Å². The average molecular weight is 393 g/mol. The molecule has 6 heteroatoms. The predicted molar refractivity (Wildman–Crippen MR) is 114 cm³/mol. The zero-order valence-corrected chi connectivity index (χ0v) is 17.3. The quantitative estimate of drug-likeness (QED) is 0.497. The largest absolute Gasteiger partial charge is 0.493 e. The van der Waals surface area contributed by atoms with E-state index in [1.165, 1.54) is 11.8 Å². The number of amides is 1. The Kier molecular flexibility index (Phi) is 8.11. The number of methoxy groups -OCH3 is 2. The van der Waals surface area contributed by atoms with E-state index in [4.69, 9.17) is 9.47 Å². The molecule has 2 aromatic rings. The average Bonchev–Trinajstić information content (AvgIpc) is 2.74. The van der Waals surface area contributed by atoms with Gasteiger partial charge in [0.05, 0.1) is 14.2 Å². The minimum Gasteiger partial charge on any atom is -0.493 e. The lowest BCUT2D eigenvalue weighted by atomic mass is 10.0. The Labute approximate surface area is 172 Å².